The van der Waals surface area contributed by atoms with Crippen LogP contribution in [-0.2, 0) is 14.8 Å². The first kappa shape index (κ1) is 15.7. The normalized spacial score (nSPS) is 11.3. The average Bonchev–Trinajstić information content (AvgIpc) is 2.34. The molecule has 1 aromatic rings. The van der Waals surface area contributed by atoms with Crippen LogP contribution in [0.25, 0.3) is 0 Å². The lowest BCUT2D eigenvalue weighted by atomic mass is 10.3. The van der Waals surface area contributed by atoms with Crippen LogP contribution in [0.1, 0.15) is 12.8 Å². The van der Waals surface area contributed by atoms with Gasteiger partial charge in [-0.25, -0.2) is 13.1 Å². The molecule has 0 aromatic heterocycles. The average molecular weight is 308 g/mol. The highest BCUT2D eigenvalue weighted by atomic mass is 35.5. The van der Waals surface area contributed by atoms with Gasteiger partial charge in [-0.1, -0.05) is 11.6 Å². The zero-order valence-corrected chi connectivity index (χ0v) is 11.8. The maximum absolute atomic E-state index is 11.9. The second-order valence-electron chi connectivity index (χ2n) is 3.69. The number of nitrogens with one attached hydrogen (secondary N) is 1. The molecule has 19 heavy (non-hydrogen) atoms. The van der Waals surface area contributed by atoms with E-state index >= 15 is 0 Å². The Morgan fingerprint density at radius 1 is 1.47 bits per heavy atom. The Morgan fingerprint density at radius 3 is 2.68 bits per heavy atom. The van der Waals surface area contributed by atoms with Gasteiger partial charge >= 0.3 is 5.97 Å². The lowest BCUT2D eigenvalue weighted by molar-refractivity contribution is -0.137. The van der Waals surface area contributed by atoms with Crippen molar-refractivity contribution in [1.82, 2.24) is 4.72 Å². The lowest BCUT2D eigenvalue weighted by Crippen LogP contribution is -2.25. The molecule has 0 unspecified atom stereocenters. The van der Waals surface area contributed by atoms with Gasteiger partial charge < -0.3 is 9.84 Å². The maximum atomic E-state index is 11.9. The molecule has 0 radical (unpaired) electrons. The fourth-order valence-corrected chi connectivity index (χ4v) is 2.77. The SMILES string of the molecule is COc1ccc(S(=O)(=O)NCCCC(=O)O)cc1Cl. The number of hydrogen-bond acceptors (Lipinski definition) is 4. The van der Waals surface area contributed by atoms with E-state index in [0.29, 0.717) is 5.75 Å². The smallest absolute Gasteiger partial charge is 0.303 e. The molecule has 1 aromatic carbocycles. The summed E-state index contributed by atoms with van der Waals surface area (Å²) < 4.78 is 31.0. The number of ether oxygens (including phenoxy) is 1. The van der Waals surface area contributed by atoms with Gasteiger partial charge in [0.2, 0.25) is 10.0 Å². The molecular weight excluding hydrogens is 294 g/mol. The Balaban J connectivity index is 2.72. The molecule has 0 fully saturated rings. The summed E-state index contributed by atoms with van der Waals surface area (Å²) in [5.74, 6) is -0.585. The number of carbonyl (C=O) groups is 1. The predicted octanol–water partition coefficient (Wildman–Crippen LogP) is 1.49. The minimum atomic E-state index is -3.69. The van der Waals surface area contributed by atoms with Gasteiger partial charge in [0.15, 0.2) is 0 Å². The third kappa shape index (κ3) is 4.70. The van der Waals surface area contributed by atoms with Crippen LogP contribution in [-0.4, -0.2) is 33.1 Å². The zero-order chi connectivity index (χ0) is 14.5. The number of halogens is 1. The van der Waals surface area contributed by atoms with E-state index in [1.165, 1.54) is 25.3 Å². The van der Waals surface area contributed by atoms with Gasteiger partial charge in [-0.05, 0) is 24.6 Å². The number of benzene rings is 1. The summed E-state index contributed by atoms with van der Waals surface area (Å²) in [4.78, 5) is 10.3. The molecule has 0 amide bonds. The second kappa shape index (κ2) is 6.74. The molecule has 0 spiro atoms. The molecule has 0 saturated carbocycles. The molecule has 0 aliphatic heterocycles. The largest absolute Gasteiger partial charge is 0.495 e. The first-order chi connectivity index (χ1) is 8.86. The molecule has 1 rings (SSSR count). The highest BCUT2D eigenvalue weighted by molar-refractivity contribution is 7.89. The van der Waals surface area contributed by atoms with Gasteiger partial charge in [-0.3, -0.25) is 4.79 Å². The Morgan fingerprint density at radius 2 is 2.16 bits per heavy atom. The summed E-state index contributed by atoms with van der Waals surface area (Å²) in [6.45, 7) is 0.0539. The van der Waals surface area contributed by atoms with Gasteiger partial charge in [0.05, 0.1) is 17.0 Å². The van der Waals surface area contributed by atoms with E-state index in [2.05, 4.69) is 4.72 Å². The topological polar surface area (TPSA) is 92.7 Å². The maximum Gasteiger partial charge on any atom is 0.303 e. The highest BCUT2D eigenvalue weighted by Gasteiger charge is 2.15. The monoisotopic (exact) mass is 307 g/mol. The van der Waals surface area contributed by atoms with E-state index in [1.54, 1.807) is 0 Å². The van der Waals surface area contributed by atoms with Crippen molar-refractivity contribution in [2.45, 2.75) is 17.7 Å². The highest BCUT2D eigenvalue weighted by Crippen LogP contribution is 2.26. The van der Waals surface area contributed by atoms with Crippen LogP contribution in [0.2, 0.25) is 5.02 Å². The fraction of sp³-hybridized carbons (Fsp3) is 0.364. The molecular formula is C11H14ClNO5S. The minimum absolute atomic E-state index is 0.00799. The third-order valence-corrected chi connectivity index (χ3v) is 4.05. The van der Waals surface area contributed by atoms with E-state index in [0.717, 1.165) is 0 Å². The van der Waals surface area contributed by atoms with Crippen molar-refractivity contribution in [3.63, 3.8) is 0 Å². The van der Waals surface area contributed by atoms with Gasteiger partial charge in [0, 0.05) is 13.0 Å². The van der Waals surface area contributed by atoms with Crippen molar-refractivity contribution in [3.05, 3.63) is 23.2 Å². The van der Waals surface area contributed by atoms with E-state index in [1.807, 2.05) is 0 Å². The molecule has 0 bridgehead atoms. The molecule has 0 saturated heterocycles. The van der Waals surface area contributed by atoms with Crippen LogP contribution in [0.5, 0.6) is 5.75 Å². The van der Waals surface area contributed by atoms with E-state index < -0.39 is 16.0 Å². The quantitative estimate of drug-likeness (QED) is 0.745. The summed E-state index contributed by atoms with van der Waals surface area (Å²) in [5.41, 5.74) is 0. The first-order valence-electron chi connectivity index (χ1n) is 5.42. The molecule has 8 heteroatoms. The van der Waals surface area contributed by atoms with Crippen molar-refractivity contribution in [2.24, 2.45) is 0 Å². The predicted molar refractivity (Wildman–Crippen MR) is 70.1 cm³/mol. The Kier molecular flexibility index (Phi) is 5.59. The molecule has 106 valence electrons. The van der Waals surface area contributed by atoms with E-state index in [9.17, 15) is 13.2 Å². The molecule has 6 nitrogen and oxygen atoms in total. The number of aliphatic carboxylic acids is 1. The van der Waals surface area contributed by atoms with Gasteiger partial charge in [0.25, 0.3) is 0 Å². The van der Waals surface area contributed by atoms with Crippen LogP contribution in [0.4, 0.5) is 0 Å². The summed E-state index contributed by atoms with van der Waals surface area (Å²) in [6.07, 6.45) is 0.129. The van der Waals surface area contributed by atoms with E-state index in [4.69, 9.17) is 21.4 Å². The second-order valence-corrected chi connectivity index (χ2v) is 5.87. The molecule has 0 heterocycles. The summed E-state index contributed by atoms with van der Waals surface area (Å²) in [7, 11) is -2.26. The summed E-state index contributed by atoms with van der Waals surface area (Å²) in [5, 5.41) is 8.64. The molecule has 0 aliphatic carbocycles. The van der Waals surface area contributed by atoms with Crippen LogP contribution in [0.15, 0.2) is 23.1 Å². The van der Waals surface area contributed by atoms with Gasteiger partial charge in [-0.15, -0.1) is 0 Å². The number of rotatable bonds is 7. The Hall–Kier alpha value is -1.31. The van der Waals surface area contributed by atoms with Crippen LogP contribution in [0, 0.1) is 0 Å². The van der Waals surface area contributed by atoms with Gasteiger partial charge in [0.1, 0.15) is 5.75 Å². The number of sulfonamides is 1. The van der Waals surface area contributed by atoms with Crippen molar-refractivity contribution in [3.8, 4) is 5.75 Å². The standard InChI is InChI=1S/C11H14ClNO5S/c1-18-10-5-4-8(7-9(10)12)19(16,17)13-6-2-3-11(14)15/h4-5,7,13H,2-3,6H2,1H3,(H,14,15). The van der Waals surface area contributed by atoms with Crippen LogP contribution < -0.4 is 9.46 Å². The molecule has 0 aliphatic rings. The number of carboxylic acids is 1. The Labute approximate surface area is 116 Å². The van der Waals surface area contributed by atoms with Gasteiger partial charge in [-0.2, -0.15) is 0 Å². The minimum Gasteiger partial charge on any atom is -0.495 e. The van der Waals surface area contributed by atoms with Crippen LogP contribution in [0.3, 0.4) is 0 Å². The first-order valence-corrected chi connectivity index (χ1v) is 7.28. The van der Waals surface area contributed by atoms with Crippen molar-refractivity contribution >= 4 is 27.6 Å². The van der Waals surface area contributed by atoms with E-state index in [-0.39, 0.29) is 29.3 Å². The van der Waals surface area contributed by atoms with Crippen molar-refractivity contribution in [2.75, 3.05) is 13.7 Å². The zero-order valence-electron chi connectivity index (χ0n) is 10.2. The van der Waals surface area contributed by atoms with Crippen molar-refractivity contribution < 1.29 is 23.1 Å². The number of hydrogen-bond donors (Lipinski definition) is 2. The fourth-order valence-electron chi connectivity index (χ4n) is 1.34. The number of carboxylic acid groups (broad SMARTS) is 1. The Bertz CT molecular complexity index is 558. The summed E-state index contributed by atoms with van der Waals surface area (Å²) in [6, 6.07) is 4.10. The van der Waals surface area contributed by atoms with Crippen molar-refractivity contribution in [1.29, 1.82) is 0 Å². The number of methoxy groups -OCH3 is 1. The summed E-state index contributed by atoms with van der Waals surface area (Å²) >= 11 is 5.84. The van der Waals surface area contributed by atoms with Crippen LogP contribution >= 0.6 is 11.6 Å². The molecule has 2 N–H and O–H groups in total. The third-order valence-electron chi connectivity index (χ3n) is 2.29. The molecule has 0 atom stereocenters. The lowest BCUT2D eigenvalue weighted by Gasteiger charge is -2.08.